The van der Waals surface area contributed by atoms with Crippen LogP contribution in [0.2, 0.25) is 0 Å². The molecule has 0 heterocycles. The lowest BCUT2D eigenvalue weighted by Crippen LogP contribution is -2.40. The number of carbonyl (C=O) groups excluding carboxylic acids is 2. The minimum absolute atomic E-state index is 0.0893. The Morgan fingerprint density at radius 3 is 2.33 bits per heavy atom. The number of aryl methyl sites for hydroxylation is 1. The van der Waals surface area contributed by atoms with Crippen LogP contribution < -0.4 is 10.6 Å². The number of rotatable bonds is 5. The first kappa shape index (κ1) is 19.2. The summed E-state index contributed by atoms with van der Waals surface area (Å²) in [4.78, 5) is 25.6. The summed E-state index contributed by atoms with van der Waals surface area (Å²) < 4.78 is 0. The Morgan fingerprint density at radius 2 is 1.70 bits per heavy atom. The summed E-state index contributed by atoms with van der Waals surface area (Å²) in [5.41, 5.74) is 3.02. The molecule has 1 fully saturated rings. The van der Waals surface area contributed by atoms with E-state index in [0.717, 1.165) is 22.4 Å². The van der Waals surface area contributed by atoms with Crippen molar-refractivity contribution in [3.05, 3.63) is 65.2 Å². The van der Waals surface area contributed by atoms with E-state index in [9.17, 15) is 9.59 Å². The smallest absolute Gasteiger partial charge is 0.240 e. The Balaban J connectivity index is 1.69. The zero-order chi connectivity index (χ0) is 19.7. The lowest BCUT2D eigenvalue weighted by atomic mass is 9.85. The number of amides is 2. The van der Waals surface area contributed by atoms with Gasteiger partial charge in [-0.25, -0.2) is 0 Å². The fourth-order valence-electron chi connectivity index (χ4n) is 3.34. The summed E-state index contributed by atoms with van der Waals surface area (Å²) in [6, 6.07) is 15.8. The predicted molar refractivity (Wildman–Crippen MR) is 108 cm³/mol. The van der Waals surface area contributed by atoms with Crippen molar-refractivity contribution in [3.63, 3.8) is 0 Å². The molecule has 0 unspecified atom stereocenters. The van der Waals surface area contributed by atoms with Crippen LogP contribution in [0, 0.1) is 12.3 Å². The summed E-state index contributed by atoms with van der Waals surface area (Å²) in [5, 5.41) is 5.95. The summed E-state index contributed by atoms with van der Waals surface area (Å²) in [5.74, 6) is -0.393. The molecule has 1 aliphatic rings. The van der Waals surface area contributed by atoms with Crippen molar-refractivity contribution in [3.8, 4) is 0 Å². The molecule has 3 rings (SSSR count). The number of benzene rings is 2. The molecule has 27 heavy (non-hydrogen) atoms. The van der Waals surface area contributed by atoms with E-state index >= 15 is 0 Å². The quantitative estimate of drug-likeness (QED) is 0.776. The van der Waals surface area contributed by atoms with E-state index in [1.807, 2.05) is 55.5 Å². The van der Waals surface area contributed by atoms with Gasteiger partial charge < -0.3 is 10.6 Å². The molecule has 0 bridgehead atoms. The Kier molecular flexibility index (Phi) is 5.09. The van der Waals surface area contributed by atoms with Crippen LogP contribution in [0.5, 0.6) is 0 Å². The third-order valence-corrected chi connectivity index (χ3v) is 5.14. The maximum Gasteiger partial charge on any atom is 0.240 e. The first-order chi connectivity index (χ1) is 12.7. The van der Waals surface area contributed by atoms with Gasteiger partial charge in [0.2, 0.25) is 11.8 Å². The molecule has 4 heteroatoms. The average molecular weight is 364 g/mol. The first-order valence-electron chi connectivity index (χ1n) is 9.47. The summed E-state index contributed by atoms with van der Waals surface area (Å²) in [7, 11) is 0. The number of hydrogen-bond acceptors (Lipinski definition) is 2. The van der Waals surface area contributed by atoms with Crippen molar-refractivity contribution in [1.29, 1.82) is 0 Å². The molecular weight excluding hydrogens is 336 g/mol. The number of nitrogens with one attached hydrogen (secondary N) is 2. The molecule has 0 aromatic heterocycles. The largest absolute Gasteiger partial charge is 0.351 e. The number of para-hydroxylation sites is 1. The zero-order valence-electron chi connectivity index (χ0n) is 16.6. The van der Waals surface area contributed by atoms with Crippen LogP contribution in [0.4, 0.5) is 5.69 Å². The summed E-state index contributed by atoms with van der Waals surface area (Å²) in [6.07, 6.45) is 1.19. The van der Waals surface area contributed by atoms with Crippen LogP contribution in [0.15, 0.2) is 48.5 Å². The maximum atomic E-state index is 12.9. The van der Waals surface area contributed by atoms with Crippen LogP contribution in [0.25, 0.3) is 0 Å². The molecule has 2 aromatic carbocycles. The fourth-order valence-corrected chi connectivity index (χ4v) is 3.34. The van der Waals surface area contributed by atoms with E-state index in [2.05, 4.69) is 31.4 Å². The first-order valence-corrected chi connectivity index (χ1v) is 9.47. The monoisotopic (exact) mass is 364 g/mol. The van der Waals surface area contributed by atoms with E-state index in [1.165, 1.54) is 0 Å². The Morgan fingerprint density at radius 1 is 1.00 bits per heavy atom. The van der Waals surface area contributed by atoms with Crippen LogP contribution in [-0.2, 0) is 21.5 Å². The molecule has 1 aliphatic carbocycles. The van der Waals surface area contributed by atoms with Crippen LogP contribution in [0.1, 0.15) is 50.3 Å². The maximum absolute atomic E-state index is 12.9. The third-order valence-electron chi connectivity index (χ3n) is 5.14. The fraction of sp³-hybridized carbons (Fsp3) is 0.391. The van der Waals surface area contributed by atoms with Gasteiger partial charge in [-0.2, -0.15) is 0 Å². The zero-order valence-corrected chi connectivity index (χ0v) is 16.6. The van der Waals surface area contributed by atoms with Crippen molar-refractivity contribution < 1.29 is 9.59 Å². The van der Waals surface area contributed by atoms with E-state index in [0.29, 0.717) is 19.4 Å². The molecule has 0 radical (unpaired) electrons. The minimum atomic E-state index is -0.936. The van der Waals surface area contributed by atoms with Crippen LogP contribution >= 0.6 is 0 Å². The van der Waals surface area contributed by atoms with Gasteiger partial charge >= 0.3 is 0 Å². The molecule has 1 saturated carbocycles. The molecule has 2 N–H and O–H groups in total. The second kappa shape index (κ2) is 7.18. The number of anilines is 1. The number of hydrogen-bond donors (Lipinski definition) is 2. The SMILES string of the molecule is Cc1cccc(CNC(=O)C2(C(=O)Nc3ccccc3C(C)(C)C)CC2)c1. The van der Waals surface area contributed by atoms with Crippen molar-refractivity contribution in [2.75, 3.05) is 5.32 Å². The Labute approximate surface area is 161 Å². The highest BCUT2D eigenvalue weighted by molar-refractivity contribution is 6.13. The van der Waals surface area contributed by atoms with Crippen molar-refractivity contribution in [1.82, 2.24) is 5.32 Å². The molecule has 4 nitrogen and oxygen atoms in total. The molecular formula is C23H28N2O2. The van der Waals surface area contributed by atoms with Gasteiger partial charge in [-0.05, 0) is 42.4 Å². The summed E-state index contributed by atoms with van der Waals surface area (Å²) >= 11 is 0. The van der Waals surface area contributed by atoms with Crippen molar-refractivity contribution in [2.24, 2.45) is 5.41 Å². The van der Waals surface area contributed by atoms with E-state index < -0.39 is 5.41 Å². The molecule has 0 atom stereocenters. The average Bonchev–Trinajstić information content (AvgIpc) is 3.41. The minimum Gasteiger partial charge on any atom is -0.351 e. The molecule has 0 spiro atoms. The van der Waals surface area contributed by atoms with Gasteiger partial charge in [-0.3, -0.25) is 9.59 Å². The van der Waals surface area contributed by atoms with Gasteiger partial charge in [0.25, 0.3) is 0 Å². The predicted octanol–water partition coefficient (Wildman–Crippen LogP) is 4.33. The van der Waals surface area contributed by atoms with Crippen molar-refractivity contribution >= 4 is 17.5 Å². The van der Waals surface area contributed by atoms with Gasteiger partial charge in [0.05, 0.1) is 0 Å². The van der Waals surface area contributed by atoms with Crippen molar-refractivity contribution in [2.45, 2.75) is 52.5 Å². The molecule has 2 amide bonds. The van der Waals surface area contributed by atoms with Crippen LogP contribution in [0.3, 0.4) is 0 Å². The standard InChI is InChI=1S/C23H28N2O2/c1-16-8-7-9-17(14-16)15-24-20(26)23(12-13-23)21(27)25-19-11-6-5-10-18(19)22(2,3)4/h5-11,14H,12-13,15H2,1-4H3,(H,24,26)(H,25,27). The molecule has 0 aliphatic heterocycles. The van der Waals surface area contributed by atoms with Gasteiger partial charge in [-0.15, -0.1) is 0 Å². The Bertz CT molecular complexity index is 861. The summed E-state index contributed by atoms with van der Waals surface area (Å²) in [6.45, 7) is 8.79. The van der Waals surface area contributed by atoms with Gasteiger partial charge in [-0.1, -0.05) is 68.8 Å². The highest BCUT2D eigenvalue weighted by Gasteiger charge is 2.56. The Hall–Kier alpha value is -2.62. The normalized spacial score (nSPS) is 15.1. The number of carbonyl (C=O) groups is 2. The molecule has 142 valence electrons. The van der Waals surface area contributed by atoms with Gasteiger partial charge in [0.15, 0.2) is 0 Å². The lowest BCUT2D eigenvalue weighted by Gasteiger charge is -2.24. The second-order valence-electron chi connectivity index (χ2n) is 8.50. The highest BCUT2D eigenvalue weighted by Crippen LogP contribution is 2.47. The van der Waals surface area contributed by atoms with E-state index in [4.69, 9.17) is 0 Å². The van der Waals surface area contributed by atoms with Gasteiger partial charge in [0, 0.05) is 12.2 Å². The topological polar surface area (TPSA) is 58.2 Å². The van der Waals surface area contributed by atoms with Crippen LogP contribution in [-0.4, -0.2) is 11.8 Å². The third kappa shape index (κ3) is 4.21. The van der Waals surface area contributed by atoms with E-state index in [-0.39, 0.29) is 17.2 Å². The van der Waals surface area contributed by atoms with Gasteiger partial charge in [0.1, 0.15) is 5.41 Å². The molecule has 0 saturated heterocycles. The second-order valence-corrected chi connectivity index (χ2v) is 8.50. The van der Waals surface area contributed by atoms with E-state index in [1.54, 1.807) is 0 Å². The highest BCUT2D eigenvalue weighted by atomic mass is 16.2. The molecule has 2 aromatic rings. The lowest BCUT2D eigenvalue weighted by molar-refractivity contribution is -0.134.